The fourth-order valence-corrected chi connectivity index (χ4v) is 6.10. The monoisotopic (exact) mass is 479 g/mol. The first-order chi connectivity index (χ1) is 14.6. The van der Waals surface area contributed by atoms with E-state index in [1.165, 1.54) is 39.1 Å². The number of hydrogen-bond acceptors (Lipinski definition) is 7. The number of thiophene rings is 2. The van der Waals surface area contributed by atoms with Crippen LogP contribution in [0.25, 0.3) is 16.3 Å². The molecule has 166 valence electrons. The molecule has 2 amide bonds. The van der Waals surface area contributed by atoms with E-state index in [9.17, 15) is 14.7 Å². The molecule has 1 atom stereocenters. The highest BCUT2D eigenvalue weighted by atomic mass is 32.1. The quantitative estimate of drug-likeness (QED) is 0.421. The van der Waals surface area contributed by atoms with Crippen molar-refractivity contribution in [2.24, 2.45) is 0 Å². The van der Waals surface area contributed by atoms with E-state index in [0.717, 1.165) is 25.5 Å². The zero-order chi connectivity index (χ0) is 22.8. The molecule has 3 aromatic rings. The Bertz CT molecular complexity index is 1080. The van der Waals surface area contributed by atoms with Gasteiger partial charge in [0.1, 0.15) is 16.1 Å². The number of alkyl carbamates (subject to hydrolysis) is 1. The highest BCUT2D eigenvalue weighted by Gasteiger charge is 2.26. The molecular formula is C21H25N3O4S3. The highest BCUT2D eigenvalue weighted by Crippen LogP contribution is 2.42. The molecule has 0 bridgehead atoms. The van der Waals surface area contributed by atoms with Crippen LogP contribution in [0, 0.1) is 0 Å². The molecule has 0 unspecified atom stereocenters. The lowest BCUT2D eigenvalue weighted by atomic mass is 10.1. The molecule has 0 aliphatic heterocycles. The number of carbonyl (C=O) groups excluding carboxylic acids is 1. The Morgan fingerprint density at radius 1 is 1.42 bits per heavy atom. The number of ether oxygens (including phenoxy) is 1. The van der Waals surface area contributed by atoms with Gasteiger partial charge >= 0.3 is 12.2 Å². The molecule has 0 aliphatic carbocycles. The fraction of sp³-hybridized carbons (Fsp3) is 0.381. The highest BCUT2D eigenvalue weighted by molar-refractivity contribution is 7.25. The topological polar surface area (TPSA) is 91.8 Å². The summed E-state index contributed by atoms with van der Waals surface area (Å²) in [5.74, 6) is 0. The molecule has 10 heteroatoms. The van der Waals surface area contributed by atoms with E-state index in [2.05, 4.69) is 16.3 Å². The van der Waals surface area contributed by atoms with Crippen LogP contribution in [0.15, 0.2) is 24.1 Å². The lowest BCUT2D eigenvalue weighted by Crippen LogP contribution is -2.38. The second-order valence-corrected chi connectivity index (χ2v) is 10.9. The van der Waals surface area contributed by atoms with Crippen molar-refractivity contribution < 1.29 is 19.4 Å². The fourth-order valence-electron chi connectivity index (χ4n) is 3.00. The number of amides is 2. The molecule has 2 N–H and O–H groups in total. The van der Waals surface area contributed by atoms with E-state index in [4.69, 9.17) is 4.74 Å². The molecule has 0 spiro atoms. The number of anilines is 1. The van der Waals surface area contributed by atoms with Crippen molar-refractivity contribution >= 4 is 67.7 Å². The summed E-state index contributed by atoms with van der Waals surface area (Å²) in [6.45, 7) is 11.5. The number of carbonyl (C=O) groups is 2. The number of nitrogens with one attached hydrogen (secondary N) is 1. The molecule has 0 saturated carbocycles. The second kappa shape index (κ2) is 9.37. The van der Waals surface area contributed by atoms with Gasteiger partial charge in [-0.3, -0.25) is 4.90 Å². The summed E-state index contributed by atoms with van der Waals surface area (Å²) in [4.78, 5) is 27.3. The van der Waals surface area contributed by atoms with Gasteiger partial charge < -0.3 is 15.2 Å². The molecule has 31 heavy (non-hydrogen) atoms. The number of hydrogen-bond donors (Lipinski definition) is 2. The van der Waals surface area contributed by atoms with Gasteiger partial charge in [-0.25, -0.2) is 9.59 Å². The molecule has 7 nitrogen and oxygen atoms in total. The maximum atomic E-state index is 12.1. The smallest absolute Gasteiger partial charge is 0.412 e. The standard InChI is InChI=1S/C21H25N3O4S3/c1-6-14-15(10-12(2)22-19(25)28-21(3,4)5)30-17-16(14)23-31-18(17)24(20(26)27)11-13-8-7-9-29-13/h6-9,12H,1,10-11H2,2-5H3,(H,22,25)(H,26,27)/t12-/m0/s1. The van der Waals surface area contributed by atoms with Crippen LogP contribution in [-0.4, -0.2) is 33.3 Å². The summed E-state index contributed by atoms with van der Waals surface area (Å²) in [5, 5.41) is 15.2. The number of rotatable bonds is 7. The average molecular weight is 480 g/mol. The van der Waals surface area contributed by atoms with Gasteiger partial charge in [0.25, 0.3) is 0 Å². The average Bonchev–Trinajstić information content (AvgIpc) is 3.34. The Morgan fingerprint density at radius 2 is 2.16 bits per heavy atom. The van der Waals surface area contributed by atoms with Crippen LogP contribution in [-0.2, 0) is 17.7 Å². The third-order valence-electron chi connectivity index (χ3n) is 4.24. The Hall–Kier alpha value is -2.43. The van der Waals surface area contributed by atoms with Gasteiger partial charge in [0.15, 0.2) is 0 Å². The van der Waals surface area contributed by atoms with Gasteiger partial charge in [-0.15, -0.1) is 22.7 Å². The van der Waals surface area contributed by atoms with Crippen molar-refractivity contribution in [3.8, 4) is 0 Å². The van der Waals surface area contributed by atoms with Gasteiger partial charge in [0.2, 0.25) is 0 Å². The lowest BCUT2D eigenvalue weighted by molar-refractivity contribution is 0.0508. The van der Waals surface area contributed by atoms with E-state index in [-0.39, 0.29) is 12.6 Å². The number of fused-ring (bicyclic) bond motifs is 1. The minimum absolute atomic E-state index is 0.176. The van der Waals surface area contributed by atoms with Gasteiger partial charge in [-0.2, -0.15) is 4.37 Å². The molecule has 3 rings (SSSR count). The van der Waals surface area contributed by atoms with Gasteiger partial charge in [-0.05, 0) is 50.7 Å². The van der Waals surface area contributed by atoms with Crippen LogP contribution in [0.5, 0.6) is 0 Å². The summed E-state index contributed by atoms with van der Waals surface area (Å²) in [7, 11) is 0. The van der Waals surface area contributed by atoms with Gasteiger partial charge in [0, 0.05) is 27.8 Å². The molecule has 0 saturated heterocycles. The van der Waals surface area contributed by atoms with Crippen molar-refractivity contribution in [2.45, 2.75) is 52.3 Å². The number of nitrogens with zero attached hydrogens (tertiary/aromatic N) is 2. The number of aromatic nitrogens is 1. The summed E-state index contributed by atoms with van der Waals surface area (Å²) in [5.41, 5.74) is 1.06. The molecule has 3 aromatic heterocycles. The first kappa shape index (κ1) is 23.2. The minimum atomic E-state index is -1.02. The largest absolute Gasteiger partial charge is 0.465 e. The van der Waals surface area contributed by atoms with Crippen molar-refractivity contribution in [3.63, 3.8) is 0 Å². The Morgan fingerprint density at radius 3 is 2.74 bits per heavy atom. The Labute approximate surface area is 193 Å². The van der Waals surface area contributed by atoms with Crippen LogP contribution in [0.4, 0.5) is 14.6 Å². The summed E-state index contributed by atoms with van der Waals surface area (Å²) < 4.78 is 10.7. The van der Waals surface area contributed by atoms with Crippen LogP contribution in [0.1, 0.15) is 43.0 Å². The Kier molecular flexibility index (Phi) is 7.03. The third-order valence-corrected chi connectivity index (χ3v) is 7.33. The van der Waals surface area contributed by atoms with Crippen molar-refractivity contribution in [1.82, 2.24) is 9.69 Å². The van der Waals surface area contributed by atoms with E-state index in [0.29, 0.717) is 11.4 Å². The van der Waals surface area contributed by atoms with Crippen LogP contribution in [0.2, 0.25) is 0 Å². The van der Waals surface area contributed by atoms with E-state index in [1.807, 2.05) is 45.2 Å². The van der Waals surface area contributed by atoms with Crippen LogP contribution < -0.4 is 10.2 Å². The predicted molar refractivity (Wildman–Crippen MR) is 129 cm³/mol. The predicted octanol–water partition coefficient (Wildman–Crippen LogP) is 6.20. The Balaban J connectivity index is 1.85. The maximum absolute atomic E-state index is 12.1. The minimum Gasteiger partial charge on any atom is -0.465 e. The lowest BCUT2D eigenvalue weighted by Gasteiger charge is -2.21. The van der Waals surface area contributed by atoms with Crippen molar-refractivity contribution in [2.75, 3.05) is 4.90 Å². The molecule has 0 aliphatic rings. The first-order valence-electron chi connectivity index (χ1n) is 9.65. The van der Waals surface area contributed by atoms with Gasteiger partial charge in [0.05, 0.1) is 11.2 Å². The summed E-state index contributed by atoms with van der Waals surface area (Å²) in [6.07, 6.45) is 0.810. The van der Waals surface area contributed by atoms with Crippen molar-refractivity contribution in [3.05, 3.63) is 39.4 Å². The molecule has 0 aromatic carbocycles. The summed E-state index contributed by atoms with van der Waals surface area (Å²) >= 11 is 4.18. The normalized spacial score (nSPS) is 12.5. The molecule has 0 fully saturated rings. The molecule has 0 radical (unpaired) electrons. The molecular weight excluding hydrogens is 454 g/mol. The van der Waals surface area contributed by atoms with E-state index in [1.54, 1.807) is 6.08 Å². The van der Waals surface area contributed by atoms with Crippen molar-refractivity contribution in [1.29, 1.82) is 0 Å². The van der Waals surface area contributed by atoms with E-state index < -0.39 is 17.8 Å². The SMILES string of the molecule is C=Cc1c(C[C@H](C)NC(=O)OC(C)(C)C)sc2c(N(Cc3cccs3)C(=O)O)snc12. The summed E-state index contributed by atoms with van der Waals surface area (Å²) in [6, 6.07) is 3.64. The maximum Gasteiger partial charge on any atom is 0.412 e. The third kappa shape index (κ3) is 5.63. The zero-order valence-corrected chi connectivity index (χ0v) is 20.2. The molecule has 3 heterocycles. The van der Waals surface area contributed by atoms with Gasteiger partial charge in [-0.1, -0.05) is 18.7 Å². The first-order valence-corrected chi connectivity index (χ1v) is 12.1. The second-order valence-electron chi connectivity index (χ2n) is 8.01. The van der Waals surface area contributed by atoms with Crippen LogP contribution in [0.3, 0.4) is 0 Å². The number of carboxylic acid groups (broad SMARTS) is 1. The van der Waals surface area contributed by atoms with E-state index >= 15 is 0 Å². The van der Waals surface area contributed by atoms with Crippen LogP contribution >= 0.6 is 34.2 Å². The zero-order valence-electron chi connectivity index (χ0n) is 17.8.